The van der Waals surface area contributed by atoms with Gasteiger partial charge in [0.05, 0.1) is 26.6 Å². The van der Waals surface area contributed by atoms with Crippen molar-refractivity contribution >= 4 is 35.8 Å². The van der Waals surface area contributed by atoms with Gasteiger partial charge in [-0.2, -0.15) is 10.2 Å². The van der Waals surface area contributed by atoms with Gasteiger partial charge in [0.25, 0.3) is 0 Å². The van der Waals surface area contributed by atoms with Gasteiger partial charge in [-0.25, -0.2) is 9.98 Å². The molecule has 43 heavy (non-hydrogen) atoms. The molecule has 0 unspecified atom stereocenters. The molecule has 25 heteroatoms. The molecule has 1 radical (unpaired) electrons. The van der Waals surface area contributed by atoms with Crippen LogP contribution in [-0.4, -0.2) is 56.0 Å². The van der Waals surface area contributed by atoms with E-state index in [0.717, 1.165) is 22.5 Å². The number of hydrogen-bond donors (Lipinski definition) is 6. The summed E-state index contributed by atoms with van der Waals surface area (Å²) in [5.74, 6) is 0. The molecule has 0 atom stereocenters. The molecule has 2 aromatic carbocycles. The fraction of sp³-hybridized carbons (Fsp3) is 0. The maximum atomic E-state index is 8.25. The van der Waals surface area contributed by atoms with Gasteiger partial charge in [-0.15, -0.1) is 0 Å². The number of H-pyrrole nitrogens is 6. The van der Waals surface area contributed by atoms with Crippen molar-refractivity contribution in [3.63, 3.8) is 0 Å². The Bertz CT molecular complexity index is 1740. The Morgan fingerprint density at radius 3 is 1.23 bits per heavy atom. The van der Waals surface area contributed by atoms with E-state index in [1.54, 1.807) is 0 Å². The maximum absolute atomic E-state index is 8.25. The molecule has 3 heterocycles. The van der Waals surface area contributed by atoms with Crippen LogP contribution in [0.5, 0.6) is 0 Å². The maximum Gasteiger partial charge on any atom is 3.00 e. The van der Waals surface area contributed by atoms with Gasteiger partial charge in [-0.3, -0.25) is 30.6 Å². The number of aromatic nitrogens is 8. The van der Waals surface area contributed by atoms with E-state index >= 15 is 0 Å². The fourth-order valence-electron chi connectivity index (χ4n) is 3.05. The van der Waals surface area contributed by atoms with E-state index in [1.807, 2.05) is 48.5 Å². The van der Waals surface area contributed by atoms with Crippen LogP contribution >= 0.6 is 24.4 Å². The van der Waals surface area contributed by atoms with Gasteiger partial charge in [0.2, 0.25) is 9.54 Å². The van der Waals surface area contributed by atoms with Crippen LogP contribution < -0.4 is 11.0 Å². The summed E-state index contributed by atoms with van der Waals surface area (Å²) in [4.78, 5) is 33.8. The van der Waals surface area contributed by atoms with Crippen molar-refractivity contribution in [2.45, 2.75) is 0 Å². The van der Waals surface area contributed by atoms with Crippen LogP contribution in [0.3, 0.4) is 0 Å². The average Bonchev–Trinajstić information content (AvgIpc) is 3.44. The van der Waals surface area contributed by atoms with Crippen LogP contribution in [0.1, 0.15) is 0 Å². The number of benzene rings is 2. The van der Waals surface area contributed by atoms with Gasteiger partial charge in [0, 0.05) is 11.1 Å². The van der Waals surface area contributed by atoms with E-state index in [4.69, 9.17) is 70.4 Å². The van der Waals surface area contributed by atoms with Crippen molar-refractivity contribution in [2.75, 3.05) is 0 Å². The van der Waals surface area contributed by atoms with Gasteiger partial charge in [-0.1, -0.05) is 36.4 Å². The van der Waals surface area contributed by atoms with Crippen LogP contribution in [0.15, 0.2) is 58.5 Å². The third-order valence-corrected chi connectivity index (χ3v) is 4.75. The number of para-hydroxylation sites is 2. The van der Waals surface area contributed by atoms with E-state index in [0.29, 0.717) is 22.4 Å². The smallest absolute Gasteiger partial charge is 0.356 e. The predicted octanol–water partition coefficient (Wildman–Crippen LogP) is 2.42. The second-order valence-electron chi connectivity index (χ2n) is 6.93. The Balaban J connectivity index is 0.000000612. The number of aromatic amines is 6. The van der Waals surface area contributed by atoms with E-state index in [2.05, 4.69) is 50.8 Å². The summed E-state index contributed by atoms with van der Waals surface area (Å²) in [6, 6.07) is 15.3. The predicted molar refractivity (Wildman–Crippen MR) is 146 cm³/mol. The Morgan fingerprint density at radius 1 is 0.558 bits per heavy atom. The monoisotopic (exact) mass is 676 g/mol. The molecular formula is C18H14FeN13O9S2. The molecule has 3 aromatic rings. The zero-order valence-electron chi connectivity index (χ0n) is 20.6. The number of hydrogen-bond acceptors (Lipinski definition) is 15. The van der Waals surface area contributed by atoms with Crippen LogP contribution in [0.2, 0.25) is 0 Å². The first-order chi connectivity index (χ1) is 19.9. The van der Waals surface area contributed by atoms with Crippen molar-refractivity contribution in [3.05, 3.63) is 115 Å². The number of rotatable bonds is 0. The van der Waals surface area contributed by atoms with E-state index in [-0.39, 0.29) is 26.6 Å². The largest absolute Gasteiger partial charge is 3.00 e. The van der Waals surface area contributed by atoms with Gasteiger partial charge >= 0.3 is 17.1 Å². The molecule has 0 fully saturated rings. The molecule has 0 saturated heterocycles. The summed E-state index contributed by atoms with van der Waals surface area (Å²) >= 11 is 10.6. The minimum atomic E-state index is -1.75. The Labute approximate surface area is 256 Å². The summed E-state index contributed by atoms with van der Waals surface area (Å²) < 4.78 is 0.496. The average molecular weight is 676 g/mol. The Hall–Kier alpha value is -5.78. The second kappa shape index (κ2) is 17.1. The topological polar surface area (TPSA) is 344 Å². The van der Waals surface area contributed by atoms with Crippen LogP contribution in [0.25, 0.3) is 22.5 Å². The first-order valence-electron chi connectivity index (χ1n) is 10.5. The third-order valence-electron chi connectivity index (χ3n) is 4.36. The van der Waals surface area contributed by atoms with E-state index in [9.17, 15) is 0 Å². The molecule has 0 spiro atoms. The molecule has 0 saturated carbocycles. The normalized spacial score (nSPS) is 9.67. The molecule has 2 aliphatic rings. The fourth-order valence-corrected chi connectivity index (χ4v) is 3.24. The van der Waals surface area contributed by atoms with Crippen molar-refractivity contribution in [3.8, 4) is 22.5 Å². The summed E-state index contributed by atoms with van der Waals surface area (Å²) in [5, 5.41) is 70.4. The molecular weight excluding hydrogens is 662 g/mol. The minimum absolute atomic E-state index is 0. The van der Waals surface area contributed by atoms with E-state index < -0.39 is 15.3 Å². The van der Waals surface area contributed by atoms with E-state index in [1.165, 1.54) is 0 Å². The molecule has 6 N–H and O–H groups in total. The van der Waals surface area contributed by atoms with Crippen molar-refractivity contribution < 1.29 is 32.3 Å². The molecule has 0 aliphatic carbocycles. The number of fused-ring (bicyclic) bond motifs is 6. The second-order valence-corrected chi connectivity index (χ2v) is 7.75. The van der Waals surface area contributed by atoms with Crippen LogP contribution in [0.4, 0.5) is 11.4 Å². The number of nitrogens with zero attached hydrogens (tertiary/aromatic N) is 7. The SMILES string of the molecule is O=[N+]([O-])[O-].O=[N+]([O-])[O-].O=[N+]([O-])[O-].S=c1[nH]nc2c([nH][nH]c(=S)[nH][nH]c3c(n[nH]1)-c1ccccc1N=3)=Nc1ccccc1-2.[Fe+3]. The Kier molecular flexibility index (Phi) is 14.0. The van der Waals surface area contributed by atoms with Gasteiger partial charge in [0.1, 0.15) is 11.4 Å². The molecule has 5 rings (SSSR count). The molecule has 1 aromatic heterocycles. The van der Waals surface area contributed by atoms with Crippen molar-refractivity contribution in [2.24, 2.45) is 9.98 Å². The Morgan fingerprint density at radius 2 is 0.884 bits per heavy atom. The first-order valence-corrected chi connectivity index (χ1v) is 11.3. The minimum Gasteiger partial charge on any atom is -0.356 e. The molecule has 225 valence electrons. The summed E-state index contributed by atoms with van der Waals surface area (Å²) in [6.45, 7) is 0. The summed E-state index contributed by atoms with van der Waals surface area (Å²) in [6.07, 6.45) is 0. The van der Waals surface area contributed by atoms with Crippen LogP contribution in [-0.2, 0) is 17.1 Å². The number of nitrogens with one attached hydrogen (secondary N) is 6. The molecule has 2 aliphatic heterocycles. The molecule has 0 amide bonds. The molecule has 0 bridgehead atoms. The zero-order valence-corrected chi connectivity index (χ0v) is 23.3. The van der Waals surface area contributed by atoms with Gasteiger partial charge in [-0.05, 0) is 36.6 Å². The third kappa shape index (κ3) is 11.7. The van der Waals surface area contributed by atoms with Crippen molar-refractivity contribution in [1.29, 1.82) is 0 Å². The van der Waals surface area contributed by atoms with Gasteiger partial charge in [0.15, 0.2) is 11.0 Å². The standard InChI is InChI=1S/C18H14N10S2.Fe.3NO3/c29-17-25-21-13-9-5-1-3-7-11(9)19-15(13)23-27-18(30)28-24-16-14(22-26-17)10-6-2-4-8-12(10)20-16;;3*2-1(3)4/h1-8H,(H,19,23)(H,20,24)(H2,25,26,29)(H2,27,28,30);;;;/q;+3;3*-1. The quantitative estimate of drug-likeness (QED) is 0.0594. The molecule has 22 nitrogen and oxygen atoms in total. The summed E-state index contributed by atoms with van der Waals surface area (Å²) in [7, 11) is 0. The summed E-state index contributed by atoms with van der Waals surface area (Å²) in [5.41, 5.74) is 5.40. The first kappa shape index (κ1) is 35.2. The van der Waals surface area contributed by atoms with Gasteiger partial charge < -0.3 is 46.0 Å². The van der Waals surface area contributed by atoms with Crippen molar-refractivity contribution in [1.82, 2.24) is 40.8 Å². The zero-order chi connectivity index (χ0) is 31.2. The van der Waals surface area contributed by atoms with Crippen LogP contribution in [0, 0.1) is 55.5 Å².